The second-order valence-corrected chi connectivity index (χ2v) is 8.62. The summed E-state index contributed by atoms with van der Waals surface area (Å²) >= 11 is 0. The molecule has 5 rings (SSSR count). The average Bonchev–Trinajstić information content (AvgIpc) is 2.90. The molecule has 2 aromatic heterocycles. The van der Waals surface area contributed by atoms with E-state index in [1.54, 1.807) is 30.7 Å². The van der Waals surface area contributed by atoms with Crippen LogP contribution in [-0.4, -0.2) is 66.5 Å². The SMILES string of the molecule is COC(=O)c1ccnc(NC2CCC(Oc3cc(N4CCOCC4)cc4nccnc34)CC2)c1. The summed E-state index contributed by atoms with van der Waals surface area (Å²) in [5.74, 6) is 1.11. The number of carbonyl (C=O) groups excluding carboxylic acids is 1. The predicted molar refractivity (Wildman–Crippen MR) is 128 cm³/mol. The summed E-state index contributed by atoms with van der Waals surface area (Å²) in [4.78, 5) is 27.5. The van der Waals surface area contributed by atoms with Crippen LogP contribution in [0, 0.1) is 0 Å². The van der Waals surface area contributed by atoms with E-state index in [2.05, 4.69) is 37.3 Å². The second kappa shape index (κ2) is 10.2. The Bertz CT molecular complexity index is 1140. The highest BCUT2D eigenvalue weighted by Crippen LogP contribution is 2.33. The fourth-order valence-corrected chi connectivity index (χ4v) is 4.59. The number of methoxy groups -OCH3 is 1. The van der Waals surface area contributed by atoms with Crippen LogP contribution in [-0.2, 0) is 9.47 Å². The number of nitrogens with one attached hydrogen (secondary N) is 1. The van der Waals surface area contributed by atoms with Gasteiger partial charge in [-0.2, -0.15) is 0 Å². The van der Waals surface area contributed by atoms with E-state index in [1.165, 1.54) is 7.11 Å². The summed E-state index contributed by atoms with van der Waals surface area (Å²) in [5, 5.41) is 3.45. The maximum absolute atomic E-state index is 11.8. The molecule has 0 unspecified atom stereocenters. The Hall–Kier alpha value is -3.46. The van der Waals surface area contributed by atoms with E-state index in [-0.39, 0.29) is 18.1 Å². The molecule has 1 saturated carbocycles. The Balaban J connectivity index is 1.25. The number of ether oxygens (including phenoxy) is 3. The van der Waals surface area contributed by atoms with Gasteiger partial charge in [0.1, 0.15) is 17.1 Å². The van der Waals surface area contributed by atoms with Gasteiger partial charge < -0.3 is 24.4 Å². The van der Waals surface area contributed by atoms with Crippen LogP contribution in [0.3, 0.4) is 0 Å². The third-order valence-corrected chi connectivity index (χ3v) is 6.40. The molecule has 0 radical (unpaired) electrons. The van der Waals surface area contributed by atoms with E-state index in [0.29, 0.717) is 11.4 Å². The van der Waals surface area contributed by atoms with E-state index in [9.17, 15) is 4.79 Å². The maximum Gasteiger partial charge on any atom is 0.338 e. The van der Waals surface area contributed by atoms with Crippen molar-refractivity contribution in [1.82, 2.24) is 15.0 Å². The van der Waals surface area contributed by atoms with Crippen molar-refractivity contribution in [1.29, 1.82) is 0 Å². The molecule has 1 aliphatic heterocycles. The van der Waals surface area contributed by atoms with Crippen molar-refractivity contribution in [3.05, 3.63) is 48.4 Å². The number of pyridine rings is 1. The molecule has 178 valence electrons. The molecule has 9 heteroatoms. The molecule has 0 amide bonds. The van der Waals surface area contributed by atoms with Crippen molar-refractivity contribution in [2.75, 3.05) is 43.6 Å². The summed E-state index contributed by atoms with van der Waals surface area (Å²) in [6.07, 6.45) is 8.88. The second-order valence-electron chi connectivity index (χ2n) is 8.62. The van der Waals surface area contributed by atoms with Crippen molar-refractivity contribution < 1.29 is 19.0 Å². The van der Waals surface area contributed by atoms with Crippen LogP contribution in [0.2, 0.25) is 0 Å². The summed E-state index contributed by atoms with van der Waals surface area (Å²) in [6, 6.07) is 7.83. The number of rotatable bonds is 6. The van der Waals surface area contributed by atoms with Crippen LogP contribution >= 0.6 is 0 Å². The molecule has 3 heterocycles. The largest absolute Gasteiger partial charge is 0.488 e. The molecule has 1 aromatic carbocycles. The first-order valence-corrected chi connectivity index (χ1v) is 11.7. The van der Waals surface area contributed by atoms with Gasteiger partial charge in [-0.1, -0.05) is 0 Å². The van der Waals surface area contributed by atoms with Crippen molar-refractivity contribution in [3.8, 4) is 5.75 Å². The fourth-order valence-electron chi connectivity index (χ4n) is 4.59. The lowest BCUT2D eigenvalue weighted by Crippen LogP contribution is -2.36. The third kappa shape index (κ3) is 5.04. The summed E-state index contributed by atoms with van der Waals surface area (Å²) in [6.45, 7) is 3.16. The highest BCUT2D eigenvalue weighted by molar-refractivity contribution is 5.90. The Kier molecular flexibility index (Phi) is 6.71. The third-order valence-electron chi connectivity index (χ3n) is 6.40. The number of carbonyl (C=O) groups is 1. The number of benzene rings is 1. The highest BCUT2D eigenvalue weighted by atomic mass is 16.5. The first-order valence-electron chi connectivity index (χ1n) is 11.7. The van der Waals surface area contributed by atoms with Gasteiger partial charge in [-0.25, -0.2) is 14.8 Å². The van der Waals surface area contributed by atoms with Crippen LogP contribution in [0.5, 0.6) is 5.75 Å². The van der Waals surface area contributed by atoms with Crippen molar-refractivity contribution in [2.24, 2.45) is 0 Å². The van der Waals surface area contributed by atoms with E-state index in [0.717, 1.165) is 74.5 Å². The first-order chi connectivity index (χ1) is 16.7. The lowest BCUT2D eigenvalue weighted by Gasteiger charge is -2.31. The van der Waals surface area contributed by atoms with Crippen LogP contribution in [0.15, 0.2) is 42.9 Å². The van der Waals surface area contributed by atoms with Crippen molar-refractivity contribution in [2.45, 2.75) is 37.8 Å². The summed E-state index contributed by atoms with van der Waals surface area (Å²) < 4.78 is 16.8. The van der Waals surface area contributed by atoms with E-state index in [4.69, 9.17) is 14.2 Å². The molecule has 1 saturated heterocycles. The predicted octanol–water partition coefficient (Wildman–Crippen LogP) is 3.45. The molecule has 2 fully saturated rings. The Morgan fingerprint density at radius 1 is 1.03 bits per heavy atom. The van der Waals surface area contributed by atoms with Gasteiger partial charge in [-0.15, -0.1) is 0 Å². The lowest BCUT2D eigenvalue weighted by atomic mass is 9.93. The van der Waals surface area contributed by atoms with Gasteiger partial charge in [-0.3, -0.25) is 4.98 Å². The molecular weight excluding hydrogens is 434 g/mol. The zero-order chi connectivity index (χ0) is 23.3. The standard InChI is InChI=1S/C25H29N5O4/c1-32-25(31)17-6-7-27-23(14-17)29-18-2-4-20(5-3-18)34-22-16-19(30-10-12-33-13-11-30)15-21-24(22)28-9-8-26-21/h6-9,14-16,18,20H,2-5,10-13H2,1H3,(H,27,29). The van der Waals surface area contributed by atoms with Crippen LogP contribution in [0.4, 0.5) is 11.5 Å². The van der Waals surface area contributed by atoms with Gasteiger partial charge in [0.15, 0.2) is 0 Å². The number of nitrogens with zero attached hydrogens (tertiary/aromatic N) is 4. The number of hydrogen-bond donors (Lipinski definition) is 1. The van der Waals surface area contributed by atoms with Gasteiger partial charge >= 0.3 is 5.97 Å². The highest BCUT2D eigenvalue weighted by Gasteiger charge is 2.24. The van der Waals surface area contributed by atoms with Gasteiger partial charge in [0.25, 0.3) is 0 Å². The van der Waals surface area contributed by atoms with Crippen LogP contribution < -0.4 is 15.0 Å². The van der Waals surface area contributed by atoms with Gasteiger partial charge in [0.2, 0.25) is 0 Å². The minimum Gasteiger partial charge on any atom is -0.488 e. The normalized spacial score (nSPS) is 20.7. The smallest absolute Gasteiger partial charge is 0.338 e. The molecule has 34 heavy (non-hydrogen) atoms. The molecule has 0 atom stereocenters. The first kappa shape index (κ1) is 22.3. The Morgan fingerprint density at radius 3 is 2.62 bits per heavy atom. The number of hydrogen-bond acceptors (Lipinski definition) is 9. The summed E-state index contributed by atoms with van der Waals surface area (Å²) in [5.41, 5.74) is 3.22. The van der Waals surface area contributed by atoms with E-state index >= 15 is 0 Å². The molecule has 1 N–H and O–H groups in total. The minimum atomic E-state index is -0.364. The quantitative estimate of drug-likeness (QED) is 0.551. The zero-order valence-corrected chi connectivity index (χ0v) is 19.3. The molecular formula is C25H29N5O4. The van der Waals surface area contributed by atoms with Gasteiger partial charge in [0, 0.05) is 49.5 Å². The van der Waals surface area contributed by atoms with E-state index < -0.39 is 0 Å². The number of anilines is 2. The monoisotopic (exact) mass is 463 g/mol. The number of aromatic nitrogens is 3. The average molecular weight is 464 g/mol. The molecule has 9 nitrogen and oxygen atoms in total. The number of esters is 1. The number of morpholine rings is 1. The van der Waals surface area contributed by atoms with E-state index in [1.807, 2.05) is 0 Å². The molecule has 0 spiro atoms. The number of fused-ring (bicyclic) bond motifs is 1. The van der Waals surface area contributed by atoms with Crippen LogP contribution in [0.1, 0.15) is 36.0 Å². The lowest BCUT2D eigenvalue weighted by molar-refractivity contribution is 0.0600. The van der Waals surface area contributed by atoms with Gasteiger partial charge in [-0.05, 0) is 43.9 Å². The Morgan fingerprint density at radius 2 is 1.82 bits per heavy atom. The zero-order valence-electron chi connectivity index (χ0n) is 19.3. The summed E-state index contributed by atoms with van der Waals surface area (Å²) in [7, 11) is 1.38. The minimum absolute atomic E-state index is 0.109. The topological polar surface area (TPSA) is 98.7 Å². The molecule has 2 aliphatic rings. The Labute approximate surface area is 198 Å². The van der Waals surface area contributed by atoms with Gasteiger partial charge in [0.05, 0.1) is 37.5 Å². The molecule has 3 aromatic rings. The fraction of sp³-hybridized carbons (Fsp3) is 0.440. The van der Waals surface area contributed by atoms with Crippen LogP contribution in [0.25, 0.3) is 11.0 Å². The maximum atomic E-state index is 11.8. The van der Waals surface area contributed by atoms with Crippen molar-refractivity contribution >= 4 is 28.5 Å². The molecule has 0 bridgehead atoms. The van der Waals surface area contributed by atoms with Crippen molar-refractivity contribution in [3.63, 3.8) is 0 Å². The molecule has 1 aliphatic carbocycles.